The van der Waals surface area contributed by atoms with Crippen molar-refractivity contribution in [3.05, 3.63) is 30.1 Å². The molecule has 0 radical (unpaired) electrons. The van der Waals surface area contributed by atoms with Gasteiger partial charge in [-0.05, 0) is 18.2 Å². The topological polar surface area (TPSA) is 67.1 Å². The van der Waals surface area contributed by atoms with Gasteiger partial charge in [0.25, 0.3) is 0 Å². The maximum absolute atomic E-state index is 12.7. The van der Waals surface area contributed by atoms with Crippen LogP contribution in [0.25, 0.3) is 0 Å². The summed E-state index contributed by atoms with van der Waals surface area (Å²) >= 11 is 0. The number of halogens is 1. The second-order valence-corrected chi connectivity index (χ2v) is 3.02. The van der Waals surface area contributed by atoms with E-state index in [1.54, 1.807) is 6.07 Å². The van der Waals surface area contributed by atoms with E-state index in [2.05, 4.69) is 10.6 Å². The van der Waals surface area contributed by atoms with Gasteiger partial charge in [-0.1, -0.05) is 6.07 Å². The Bertz CT molecular complexity index is 330. The third-order valence-corrected chi connectivity index (χ3v) is 1.72. The van der Waals surface area contributed by atoms with Crippen molar-refractivity contribution in [1.29, 1.82) is 0 Å². The molecule has 0 aromatic heterocycles. The first-order valence-electron chi connectivity index (χ1n) is 4.68. The van der Waals surface area contributed by atoms with E-state index in [1.807, 2.05) is 0 Å². The van der Waals surface area contributed by atoms with E-state index in [4.69, 9.17) is 5.73 Å². The standard InChI is InChI=1S/C10H14FN3O/c11-8-2-1-3-9(6-8)14-10(15)7-13-5-4-12/h1-3,6,13H,4-5,7,12H2,(H,14,15). The number of anilines is 1. The Kier molecular flexibility index (Phi) is 4.73. The van der Waals surface area contributed by atoms with Crippen LogP contribution >= 0.6 is 0 Å². The Morgan fingerprint density at radius 1 is 1.47 bits per heavy atom. The summed E-state index contributed by atoms with van der Waals surface area (Å²) in [5.41, 5.74) is 5.70. The Balaban J connectivity index is 2.37. The van der Waals surface area contributed by atoms with Gasteiger partial charge in [0.15, 0.2) is 0 Å². The molecule has 0 unspecified atom stereocenters. The van der Waals surface area contributed by atoms with Gasteiger partial charge in [-0.3, -0.25) is 4.79 Å². The number of carbonyl (C=O) groups is 1. The van der Waals surface area contributed by atoms with Gasteiger partial charge >= 0.3 is 0 Å². The summed E-state index contributed by atoms with van der Waals surface area (Å²) in [6, 6.07) is 5.76. The summed E-state index contributed by atoms with van der Waals surface area (Å²) < 4.78 is 12.7. The summed E-state index contributed by atoms with van der Waals surface area (Å²) in [5.74, 6) is -0.586. The molecule has 0 spiro atoms. The van der Waals surface area contributed by atoms with Crippen LogP contribution in [0.1, 0.15) is 0 Å². The smallest absolute Gasteiger partial charge is 0.238 e. The SMILES string of the molecule is NCCNCC(=O)Nc1cccc(F)c1. The van der Waals surface area contributed by atoms with Crippen molar-refractivity contribution in [2.45, 2.75) is 0 Å². The van der Waals surface area contributed by atoms with E-state index in [0.717, 1.165) is 0 Å². The number of rotatable bonds is 5. The molecule has 82 valence electrons. The monoisotopic (exact) mass is 211 g/mol. The maximum atomic E-state index is 12.7. The molecule has 0 bridgehead atoms. The molecule has 0 aliphatic carbocycles. The van der Waals surface area contributed by atoms with E-state index < -0.39 is 0 Å². The molecule has 0 atom stereocenters. The number of nitrogens with one attached hydrogen (secondary N) is 2. The number of hydrogen-bond acceptors (Lipinski definition) is 3. The van der Waals surface area contributed by atoms with Crippen LogP contribution in [0.2, 0.25) is 0 Å². The summed E-state index contributed by atoms with van der Waals surface area (Å²) in [5, 5.41) is 5.40. The normalized spacial score (nSPS) is 10.0. The molecule has 1 aromatic carbocycles. The van der Waals surface area contributed by atoms with E-state index in [0.29, 0.717) is 18.8 Å². The fourth-order valence-corrected chi connectivity index (χ4v) is 1.08. The lowest BCUT2D eigenvalue weighted by Gasteiger charge is -2.05. The summed E-state index contributed by atoms with van der Waals surface area (Å²) in [6.45, 7) is 1.23. The predicted molar refractivity (Wildman–Crippen MR) is 57.0 cm³/mol. The number of benzene rings is 1. The van der Waals surface area contributed by atoms with E-state index >= 15 is 0 Å². The van der Waals surface area contributed by atoms with Crippen molar-refractivity contribution in [3.8, 4) is 0 Å². The van der Waals surface area contributed by atoms with Gasteiger partial charge in [0.05, 0.1) is 6.54 Å². The zero-order valence-electron chi connectivity index (χ0n) is 8.29. The second kappa shape index (κ2) is 6.10. The Morgan fingerprint density at radius 3 is 2.93 bits per heavy atom. The van der Waals surface area contributed by atoms with Crippen LogP contribution in [0.4, 0.5) is 10.1 Å². The van der Waals surface area contributed by atoms with Crippen LogP contribution in [0, 0.1) is 5.82 Å². The number of nitrogens with two attached hydrogens (primary N) is 1. The van der Waals surface area contributed by atoms with Crippen LogP contribution in [0.5, 0.6) is 0 Å². The zero-order valence-corrected chi connectivity index (χ0v) is 8.29. The summed E-state index contributed by atoms with van der Waals surface area (Å²) in [7, 11) is 0. The fraction of sp³-hybridized carbons (Fsp3) is 0.300. The highest BCUT2D eigenvalue weighted by molar-refractivity contribution is 5.92. The lowest BCUT2D eigenvalue weighted by atomic mass is 10.3. The van der Waals surface area contributed by atoms with Crippen LogP contribution in [-0.2, 0) is 4.79 Å². The first-order chi connectivity index (χ1) is 7.22. The molecule has 1 amide bonds. The minimum absolute atomic E-state index is 0.174. The first-order valence-corrected chi connectivity index (χ1v) is 4.68. The molecule has 5 heteroatoms. The van der Waals surface area contributed by atoms with Gasteiger partial charge in [-0.25, -0.2) is 4.39 Å². The molecule has 0 saturated carbocycles. The fourth-order valence-electron chi connectivity index (χ4n) is 1.08. The molecule has 0 aliphatic heterocycles. The minimum atomic E-state index is -0.372. The van der Waals surface area contributed by atoms with Crippen molar-refractivity contribution in [2.75, 3.05) is 25.0 Å². The molecule has 0 saturated heterocycles. The largest absolute Gasteiger partial charge is 0.329 e. The van der Waals surface area contributed by atoms with Crippen LogP contribution in [0.15, 0.2) is 24.3 Å². The average molecular weight is 211 g/mol. The molecule has 1 rings (SSSR count). The lowest BCUT2D eigenvalue weighted by molar-refractivity contribution is -0.115. The van der Waals surface area contributed by atoms with Crippen LogP contribution in [0.3, 0.4) is 0 Å². The maximum Gasteiger partial charge on any atom is 0.238 e. The van der Waals surface area contributed by atoms with Crippen molar-refractivity contribution >= 4 is 11.6 Å². The van der Waals surface area contributed by atoms with Crippen molar-refractivity contribution in [1.82, 2.24) is 5.32 Å². The Hall–Kier alpha value is -1.46. The van der Waals surface area contributed by atoms with Crippen molar-refractivity contribution in [3.63, 3.8) is 0 Å². The van der Waals surface area contributed by atoms with Gasteiger partial charge in [0.1, 0.15) is 5.82 Å². The van der Waals surface area contributed by atoms with Gasteiger partial charge < -0.3 is 16.4 Å². The Morgan fingerprint density at radius 2 is 2.27 bits per heavy atom. The molecule has 15 heavy (non-hydrogen) atoms. The average Bonchev–Trinajstić information content (AvgIpc) is 2.18. The van der Waals surface area contributed by atoms with Crippen molar-refractivity contribution in [2.24, 2.45) is 5.73 Å². The van der Waals surface area contributed by atoms with Gasteiger partial charge in [-0.15, -0.1) is 0 Å². The number of hydrogen-bond donors (Lipinski definition) is 3. The van der Waals surface area contributed by atoms with E-state index in [1.165, 1.54) is 18.2 Å². The van der Waals surface area contributed by atoms with Crippen LogP contribution < -0.4 is 16.4 Å². The number of amides is 1. The zero-order chi connectivity index (χ0) is 11.1. The highest BCUT2D eigenvalue weighted by Crippen LogP contribution is 2.08. The van der Waals surface area contributed by atoms with E-state index in [-0.39, 0.29) is 18.3 Å². The summed E-state index contributed by atoms with van der Waals surface area (Å²) in [4.78, 5) is 11.3. The van der Waals surface area contributed by atoms with Crippen LogP contribution in [-0.4, -0.2) is 25.5 Å². The third kappa shape index (κ3) is 4.53. The quantitative estimate of drug-likeness (QED) is 0.614. The number of carbonyl (C=O) groups excluding carboxylic acids is 1. The molecule has 4 nitrogen and oxygen atoms in total. The first kappa shape index (κ1) is 11.6. The van der Waals surface area contributed by atoms with Crippen molar-refractivity contribution < 1.29 is 9.18 Å². The lowest BCUT2D eigenvalue weighted by Crippen LogP contribution is -2.31. The Labute approximate surface area is 87.7 Å². The highest BCUT2D eigenvalue weighted by atomic mass is 19.1. The van der Waals surface area contributed by atoms with Gasteiger partial charge in [0.2, 0.25) is 5.91 Å². The van der Waals surface area contributed by atoms with Gasteiger partial charge in [0, 0.05) is 18.8 Å². The molecule has 0 fully saturated rings. The molecule has 0 heterocycles. The van der Waals surface area contributed by atoms with Gasteiger partial charge in [-0.2, -0.15) is 0 Å². The molecule has 0 aliphatic rings. The predicted octanol–water partition coefficient (Wildman–Crippen LogP) is 0.312. The molecular formula is C10H14FN3O. The minimum Gasteiger partial charge on any atom is -0.329 e. The molecule has 1 aromatic rings. The van der Waals surface area contributed by atoms with E-state index in [9.17, 15) is 9.18 Å². The third-order valence-electron chi connectivity index (χ3n) is 1.72. The second-order valence-electron chi connectivity index (χ2n) is 3.02. The molecule has 4 N–H and O–H groups in total. The summed E-state index contributed by atoms with van der Waals surface area (Å²) in [6.07, 6.45) is 0. The highest BCUT2D eigenvalue weighted by Gasteiger charge is 2.01. The molecular weight excluding hydrogens is 197 g/mol.